The molecule has 16 heavy (non-hydrogen) atoms. The van der Waals surface area contributed by atoms with Crippen molar-refractivity contribution in [2.75, 3.05) is 5.32 Å². The van der Waals surface area contributed by atoms with Crippen LogP contribution in [0.3, 0.4) is 0 Å². The number of hydrogen-bond acceptors (Lipinski definition) is 3. The summed E-state index contributed by atoms with van der Waals surface area (Å²) in [4.78, 5) is 4.83. The lowest BCUT2D eigenvalue weighted by molar-refractivity contribution is 0.544. The number of pyridine rings is 1. The first-order valence-electron chi connectivity index (χ1n) is 5.41. The topological polar surface area (TPSA) is 50.9 Å². The van der Waals surface area contributed by atoms with Gasteiger partial charge >= 0.3 is 0 Å². The summed E-state index contributed by atoms with van der Waals surface area (Å²) in [5.74, 6) is 0.777. The molecule has 0 aromatic carbocycles. The van der Waals surface area contributed by atoms with Crippen molar-refractivity contribution in [2.45, 2.75) is 39.7 Å². The van der Waals surface area contributed by atoms with Gasteiger partial charge in [-0.1, -0.05) is 19.1 Å². The second-order valence-corrected chi connectivity index (χ2v) is 5.02. The molecule has 0 spiro atoms. The molecule has 1 heterocycles. The second kappa shape index (κ2) is 4.78. The highest BCUT2D eigenvalue weighted by molar-refractivity contribution is 7.80. The van der Waals surface area contributed by atoms with E-state index >= 15 is 0 Å². The van der Waals surface area contributed by atoms with E-state index in [9.17, 15) is 0 Å². The third-order valence-electron chi connectivity index (χ3n) is 2.64. The first-order valence-corrected chi connectivity index (χ1v) is 5.82. The maximum atomic E-state index is 5.68. The second-order valence-electron chi connectivity index (χ2n) is 4.58. The number of nitrogens with one attached hydrogen (secondary N) is 1. The lowest BCUT2D eigenvalue weighted by Crippen LogP contribution is -2.31. The SMILES string of the molecule is CCC(C)(C)Nc1nc(C)ccc1C(N)=S. The smallest absolute Gasteiger partial charge is 0.136 e. The predicted molar refractivity (Wildman–Crippen MR) is 72.9 cm³/mol. The van der Waals surface area contributed by atoms with Crippen LogP contribution >= 0.6 is 12.2 Å². The lowest BCUT2D eigenvalue weighted by atomic mass is 10.0. The van der Waals surface area contributed by atoms with Gasteiger partial charge in [-0.2, -0.15) is 0 Å². The van der Waals surface area contributed by atoms with Crippen LogP contribution in [0, 0.1) is 6.92 Å². The number of rotatable bonds is 4. The van der Waals surface area contributed by atoms with Crippen molar-refractivity contribution in [1.82, 2.24) is 4.98 Å². The normalized spacial score (nSPS) is 11.2. The van der Waals surface area contributed by atoms with Gasteiger partial charge in [0.25, 0.3) is 0 Å². The van der Waals surface area contributed by atoms with Crippen LogP contribution in [0.2, 0.25) is 0 Å². The molecule has 3 nitrogen and oxygen atoms in total. The van der Waals surface area contributed by atoms with Crippen LogP contribution in [0.1, 0.15) is 38.4 Å². The molecule has 0 radical (unpaired) electrons. The fraction of sp³-hybridized carbons (Fsp3) is 0.500. The van der Waals surface area contributed by atoms with E-state index in [1.807, 2.05) is 19.1 Å². The van der Waals surface area contributed by atoms with Crippen LogP contribution in [-0.4, -0.2) is 15.5 Å². The summed E-state index contributed by atoms with van der Waals surface area (Å²) in [6.07, 6.45) is 0.999. The van der Waals surface area contributed by atoms with E-state index < -0.39 is 0 Å². The highest BCUT2D eigenvalue weighted by atomic mass is 32.1. The number of nitrogens with zero attached hydrogens (tertiary/aromatic N) is 1. The van der Waals surface area contributed by atoms with Crippen LogP contribution in [0.4, 0.5) is 5.82 Å². The zero-order valence-corrected chi connectivity index (χ0v) is 11.1. The number of aryl methyl sites for hydroxylation is 1. The summed E-state index contributed by atoms with van der Waals surface area (Å²) < 4.78 is 0. The molecular formula is C12H19N3S. The Bertz CT molecular complexity index is 399. The van der Waals surface area contributed by atoms with Crippen LogP contribution in [-0.2, 0) is 0 Å². The molecule has 0 aliphatic carbocycles. The largest absolute Gasteiger partial charge is 0.389 e. The predicted octanol–water partition coefficient (Wildman–Crippen LogP) is 2.62. The zero-order valence-electron chi connectivity index (χ0n) is 10.3. The van der Waals surface area contributed by atoms with Gasteiger partial charge in [0.1, 0.15) is 10.8 Å². The van der Waals surface area contributed by atoms with Gasteiger partial charge in [0, 0.05) is 11.2 Å². The standard InChI is InChI=1S/C12H19N3S/c1-5-12(3,4)15-11-9(10(13)16)7-6-8(2)14-11/h6-7H,5H2,1-4H3,(H2,13,16)(H,14,15). The molecule has 0 unspecified atom stereocenters. The number of aromatic nitrogens is 1. The van der Waals surface area contributed by atoms with Crippen LogP contribution in [0.25, 0.3) is 0 Å². The summed E-state index contributed by atoms with van der Waals surface area (Å²) in [6.45, 7) is 8.33. The number of anilines is 1. The average Bonchev–Trinajstić information content (AvgIpc) is 2.16. The summed E-state index contributed by atoms with van der Waals surface area (Å²) in [5, 5.41) is 3.38. The van der Waals surface area contributed by atoms with E-state index in [1.165, 1.54) is 0 Å². The van der Waals surface area contributed by atoms with Gasteiger partial charge in [-0.25, -0.2) is 4.98 Å². The minimum atomic E-state index is -0.0136. The molecule has 88 valence electrons. The van der Waals surface area contributed by atoms with Crippen LogP contribution in [0.15, 0.2) is 12.1 Å². The number of thiocarbonyl (C=S) groups is 1. The molecule has 0 saturated carbocycles. The summed E-state index contributed by atoms with van der Waals surface area (Å²) in [7, 11) is 0. The molecule has 3 N–H and O–H groups in total. The molecule has 0 saturated heterocycles. The Kier molecular flexibility index (Phi) is 3.86. The molecule has 0 fully saturated rings. The summed E-state index contributed by atoms with van der Waals surface area (Å²) in [5.41, 5.74) is 7.42. The van der Waals surface area contributed by atoms with Crippen molar-refractivity contribution < 1.29 is 0 Å². The van der Waals surface area contributed by atoms with Crippen LogP contribution < -0.4 is 11.1 Å². The highest BCUT2D eigenvalue weighted by Crippen LogP contribution is 2.20. The monoisotopic (exact) mass is 237 g/mol. The molecule has 1 aromatic heterocycles. The molecule has 0 aliphatic rings. The van der Waals surface area contributed by atoms with Crippen molar-refractivity contribution in [1.29, 1.82) is 0 Å². The third-order valence-corrected chi connectivity index (χ3v) is 2.86. The fourth-order valence-corrected chi connectivity index (χ4v) is 1.42. The Morgan fingerprint density at radius 2 is 2.12 bits per heavy atom. The lowest BCUT2D eigenvalue weighted by Gasteiger charge is -2.26. The molecule has 1 rings (SSSR count). The number of nitrogens with two attached hydrogens (primary N) is 1. The third kappa shape index (κ3) is 3.17. The van der Waals surface area contributed by atoms with E-state index in [0.29, 0.717) is 4.99 Å². The van der Waals surface area contributed by atoms with E-state index in [-0.39, 0.29) is 5.54 Å². The Morgan fingerprint density at radius 3 is 2.62 bits per heavy atom. The van der Waals surface area contributed by atoms with Gasteiger partial charge in [0.2, 0.25) is 0 Å². The maximum Gasteiger partial charge on any atom is 0.136 e. The quantitative estimate of drug-likeness (QED) is 0.790. The maximum absolute atomic E-state index is 5.68. The van der Waals surface area contributed by atoms with Crippen molar-refractivity contribution in [3.63, 3.8) is 0 Å². The Balaban J connectivity index is 3.10. The van der Waals surface area contributed by atoms with Gasteiger partial charge < -0.3 is 11.1 Å². The highest BCUT2D eigenvalue weighted by Gasteiger charge is 2.17. The van der Waals surface area contributed by atoms with Gasteiger partial charge in [-0.3, -0.25) is 0 Å². The molecule has 4 heteroatoms. The minimum Gasteiger partial charge on any atom is -0.389 e. The van der Waals surface area contributed by atoms with Gasteiger partial charge in [-0.05, 0) is 39.3 Å². The Hall–Kier alpha value is -1.16. The Morgan fingerprint density at radius 1 is 1.50 bits per heavy atom. The van der Waals surface area contributed by atoms with Crippen molar-refractivity contribution >= 4 is 23.0 Å². The van der Waals surface area contributed by atoms with Crippen molar-refractivity contribution in [2.24, 2.45) is 5.73 Å². The fourth-order valence-electron chi connectivity index (χ4n) is 1.26. The number of hydrogen-bond donors (Lipinski definition) is 2. The molecule has 0 aliphatic heterocycles. The molecule has 1 aromatic rings. The van der Waals surface area contributed by atoms with Gasteiger partial charge in [-0.15, -0.1) is 0 Å². The molecule has 0 bridgehead atoms. The summed E-state index contributed by atoms with van der Waals surface area (Å²) in [6, 6.07) is 3.83. The molecular weight excluding hydrogens is 218 g/mol. The van der Waals surface area contributed by atoms with E-state index in [0.717, 1.165) is 23.5 Å². The van der Waals surface area contributed by atoms with E-state index in [1.54, 1.807) is 0 Å². The first-order chi connectivity index (χ1) is 7.35. The van der Waals surface area contributed by atoms with Crippen molar-refractivity contribution in [3.05, 3.63) is 23.4 Å². The Labute approximate surface area is 102 Å². The average molecular weight is 237 g/mol. The zero-order chi connectivity index (χ0) is 12.3. The van der Waals surface area contributed by atoms with E-state index in [4.69, 9.17) is 18.0 Å². The van der Waals surface area contributed by atoms with Crippen LogP contribution in [0.5, 0.6) is 0 Å². The first kappa shape index (κ1) is 12.9. The van der Waals surface area contributed by atoms with Gasteiger partial charge in [0.05, 0.1) is 5.56 Å². The van der Waals surface area contributed by atoms with Crippen molar-refractivity contribution in [3.8, 4) is 0 Å². The molecule has 0 atom stereocenters. The molecule has 0 amide bonds. The van der Waals surface area contributed by atoms with Gasteiger partial charge in [0.15, 0.2) is 0 Å². The summed E-state index contributed by atoms with van der Waals surface area (Å²) >= 11 is 5.02. The van der Waals surface area contributed by atoms with E-state index in [2.05, 4.69) is 31.1 Å². The minimum absolute atomic E-state index is 0.0136.